The number of ether oxygens (including phenoxy) is 3. The van der Waals surface area contributed by atoms with E-state index in [9.17, 15) is 0 Å². The SMILES string of the molecule is CCCN(CCc1ccccc1OC)Cc1cccc(OC)c1OCc1ccccc1. The van der Waals surface area contributed by atoms with E-state index in [4.69, 9.17) is 14.2 Å². The summed E-state index contributed by atoms with van der Waals surface area (Å²) in [6, 6.07) is 24.6. The van der Waals surface area contributed by atoms with E-state index >= 15 is 0 Å². The molecule has 0 amide bonds. The van der Waals surface area contributed by atoms with E-state index in [-0.39, 0.29) is 0 Å². The van der Waals surface area contributed by atoms with Crippen LogP contribution in [0.25, 0.3) is 0 Å². The maximum absolute atomic E-state index is 6.25. The van der Waals surface area contributed by atoms with Crippen LogP contribution in [-0.4, -0.2) is 32.2 Å². The van der Waals surface area contributed by atoms with Gasteiger partial charge >= 0.3 is 0 Å². The number of benzene rings is 3. The van der Waals surface area contributed by atoms with E-state index in [1.807, 2.05) is 42.5 Å². The third kappa shape index (κ3) is 6.50. The zero-order valence-corrected chi connectivity index (χ0v) is 18.8. The average Bonchev–Trinajstić information content (AvgIpc) is 2.82. The van der Waals surface area contributed by atoms with E-state index in [2.05, 4.69) is 42.2 Å². The highest BCUT2D eigenvalue weighted by Crippen LogP contribution is 2.33. The minimum atomic E-state index is 0.517. The van der Waals surface area contributed by atoms with Crippen LogP contribution in [0.4, 0.5) is 0 Å². The van der Waals surface area contributed by atoms with Crippen molar-refractivity contribution in [3.05, 3.63) is 89.5 Å². The Labute approximate surface area is 186 Å². The average molecular weight is 420 g/mol. The summed E-state index contributed by atoms with van der Waals surface area (Å²) >= 11 is 0. The summed E-state index contributed by atoms with van der Waals surface area (Å²) in [7, 11) is 3.43. The Hall–Kier alpha value is -2.98. The fourth-order valence-corrected chi connectivity index (χ4v) is 3.76. The highest BCUT2D eigenvalue weighted by molar-refractivity contribution is 5.46. The van der Waals surface area contributed by atoms with Gasteiger partial charge in [0.1, 0.15) is 12.4 Å². The van der Waals surface area contributed by atoms with Crippen molar-refractivity contribution in [3.63, 3.8) is 0 Å². The molecule has 31 heavy (non-hydrogen) atoms. The molecule has 0 bridgehead atoms. The molecule has 0 aromatic heterocycles. The van der Waals surface area contributed by atoms with Gasteiger partial charge in [-0.2, -0.15) is 0 Å². The number of hydrogen-bond acceptors (Lipinski definition) is 4. The molecule has 0 aliphatic rings. The molecule has 0 saturated carbocycles. The van der Waals surface area contributed by atoms with Crippen LogP contribution in [0.1, 0.15) is 30.0 Å². The van der Waals surface area contributed by atoms with Gasteiger partial charge in [-0.15, -0.1) is 0 Å². The van der Waals surface area contributed by atoms with E-state index in [0.29, 0.717) is 6.61 Å². The fraction of sp³-hybridized carbons (Fsp3) is 0.333. The molecule has 0 N–H and O–H groups in total. The Morgan fingerprint density at radius 3 is 2.13 bits per heavy atom. The highest BCUT2D eigenvalue weighted by Gasteiger charge is 2.15. The molecule has 0 radical (unpaired) electrons. The lowest BCUT2D eigenvalue weighted by Crippen LogP contribution is -2.27. The van der Waals surface area contributed by atoms with Crippen molar-refractivity contribution in [3.8, 4) is 17.2 Å². The van der Waals surface area contributed by atoms with Gasteiger partial charge in [-0.25, -0.2) is 0 Å². The summed E-state index contributed by atoms with van der Waals surface area (Å²) in [5.74, 6) is 2.55. The number of para-hydroxylation sites is 2. The lowest BCUT2D eigenvalue weighted by atomic mass is 10.1. The van der Waals surface area contributed by atoms with Gasteiger partial charge in [-0.3, -0.25) is 4.90 Å². The van der Waals surface area contributed by atoms with Crippen LogP contribution in [-0.2, 0) is 19.6 Å². The summed E-state index contributed by atoms with van der Waals surface area (Å²) < 4.78 is 17.4. The molecule has 0 fully saturated rings. The third-order valence-electron chi connectivity index (χ3n) is 5.33. The Morgan fingerprint density at radius 1 is 0.710 bits per heavy atom. The molecule has 0 unspecified atom stereocenters. The smallest absolute Gasteiger partial charge is 0.166 e. The second-order valence-corrected chi connectivity index (χ2v) is 7.56. The van der Waals surface area contributed by atoms with Gasteiger partial charge in [0.2, 0.25) is 0 Å². The molecular formula is C27H33NO3. The van der Waals surface area contributed by atoms with E-state index in [0.717, 1.165) is 60.9 Å². The second-order valence-electron chi connectivity index (χ2n) is 7.56. The molecule has 4 heteroatoms. The number of hydrogen-bond donors (Lipinski definition) is 0. The largest absolute Gasteiger partial charge is 0.496 e. The molecule has 3 rings (SSSR count). The molecule has 3 aromatic rings. The first-order valence-corrected chi connectivity index (χ1v) is 10.9. The van der Waals surface area contributed by atoms with E-state index < -0.39 is 0 Å². The predicted octanol–water partition coefficient (Wildman–Crippen LogP) is 5.74. The minimum absolute atomic E-state index is 0.517. The molecule has 0 aliphatic heterocycles. The Kier molecular flexibility index (Phi) is 8.80. The minimum Gasteiger partial charge on any atom is -0.496 e. The van der Waals surface area contributed by atoms with Gasteiger partial charge in [0, 0.05) is 18.7 Å². The first kappa shape index (κ1) is 22.7. The summed E-state index contributed by atoms with van der Waals surface area (Å²) in [4.78, 5) is 2.47. The zero-order chi connectivity index (χ0) is 21.9. The Balaban J connectivity index is 1.74. The number of nitrogens with zero attached hydrogens (tertiary/aromatic N) is 1. The van der Waals surface area contributed by atoms with Gasteiger partial charge in [-0.1, -0.05) is 67.6 Å². The van der Waals surface area contributed by atoms with Gasteiger partial charge < -0.3 is 14.2 Å². The van der Waals surface area contributed by atoms with Crippen molar-refractivity contribution < 1.29 is 14.2 Å². The number of methoxy groups -OCH3 is 2. The predicted molar refractivity (Wildman–Crippen MR) is 126 cm³/mol. The van der Waals surface area contributed by atoms with Crippen molar-refractivity contribution in [2.75, 3.05) is 27.3 Å². The van der Waals surface area contributed by atoms with E-state index in [1.54, 1.807) is 14.2 Å². The molecule has 0 spiro atoms. The third-order valence-corrected chi connectivity index (χ3v) is 5.33. The first-order chi connectivity index (χ1) is 15.2. The second kappa shape index (κ2) is 12.0. The van der Waals surface area contributed by atoms with Crippen molar-refractivity contribution in [1.29, 1.82) is 0 Å². The lowest BCUT2D eigenvalue weighted by molar-refractivity contribution is 0.248. The lowest BCUT2D eigenvalue weighted by Gasteiger charge is -2.24. The van der Waals surface area contributed by atoms with E-state index in [1.165, 1.54) is 5.56 Å². The zero-order valence-electron chi connectivity index (χ0n) is 18.8. The van der Waals surface area contributed by atoms with Crippen molar-refractivity contribution in [2.24, 2.45) is 0 Å². The monoisotopic (exact) mass is 419 g/mol. The number of rotatable bonds is 12. The normalized spacial score (nSPS) is 10.8. The fourth-order valence-electron chi connectivity index (χ4n) is 3.76. The molecule has 4 nitrogen and oxygen atoms in total. The maximum Gasteiger partial charge on any atom is 0.166 e. The summed E-state index contributed by atoms with van der Waals surface area (Å²) in [5, 5.41) is 0. The molecular weight excluding hydrogens is 386 g/mol. The summed E-state index contributed by atoms with van der Waals surface area (Å²) in [6.07, 6.45) is 2.03. The van der Waals surface area contributed by atoms with Crippen LogP contribution in [0, 0.1) is 0 Å². The van der Waals surface area contributed by atoms with Gasteiger partial charge in [0.25, 0.3) is 0 Å². The maximum atomic E-state index is 6.25. The summed E-state index contributed by atoms with van der Waals surface area (Å²) in [6.45, 7) is 5.51. The topological polar surface area (TPSA) is 30.9 Å². The van der Waals surface area contributed by atoms with Crippen LogP contribution in [0.5, 0.6) is 17.2 Å². The van der Waals surface area contributed by atoms with Crippen molar-refractivity contribution >= 4 is 0 Å². The van der Waals surface area contributed by atoms with Crippen LogP contribution < -0.4 is 14.2 Å². The molecule has 3 aromatic carbocycles. The van der Waals surface area contributed by atoms with Gasteiger partial charge in [0.05, 0.1) is 14.2 Å². The quantitative estimate of drug-likeness (QED) is 0.375. The highest BCUT2D eigenvalue weighted by atomic mass is 16.5. The molecule has 0 saturated heterocycles. The first-order valence-electron chi connectivity index (χ1n) is 10.9. The van der Waals surface area contributed by atoms with Crippen molar-refractivity contribution in [1.82, 2.24) is 4.90 Å². The molecule has 0 atom stereocenters. The van der Waals surface area contributed by atoms with Gasteiger partial charge in [-0.05, 0) is 42.6 Å². The van der Waals surface area contributed by atoms with Crippen LogP contribution in [0.15, 0.2) is 72.8 Å². The van der Waals surface area contributed by atoms with Crippen molar-refractivity contribution in [2.45, 2.75) is 32.9 Å². The standard InChI is InChI=1S/C27H33NO3/c1-4-18-28(19-17-23-13-8-9-15-25(23)29-2)20-24-14-10-16-26(30-3)27(24)31-21-22-11-6-5-7-12-22/h5-16H,4,17-21H2,1-3H3. The molecule has 0 heterocycles. The molecule has 164 valence electrons. The van der Waals surface area contributed by atoms with Crippen LogP contribution >= 0.6 is 0 Å². The van der Waals surface area contributed by atoms with Gasteiger partial charge in [0.15, 0.2) is 11.5 Å². The summed E-state index contributed by atoms with van der Waals surface area (Å²) in [5.41, 5.74) is 3.52. The Bertz CT molecular complexity index is 927. The van der Waals surface area contributed by atoms with Crippen LogP contribution in [0.2, 0.25) is 0 Å². The Morgan fingerprint density at radius 2 is 1.39 bits per heavy atom. The molecule has 0 aliphatic carbocycles. The van der Waals surface area contributed by atoms with Crippen LogP contribution in [0.3, 0.4) is 0 Å².